The van der Waals surface area contributed by atoms with Gasteiger partial charge in [0.25, 0.3) is 0 Å². The molecule has 0 aromatic rings. The second-order valence-electron chi connectivity index (χ2n) is 9.91. The van der Waals surface area contributed by atoms with E-state index in [0.29, 0.717) is 12.2 Å². The normalized spacial score (nSPS) is 14.7. The van der Waals surface area contributed by atoms with Crippen molar-refractivity contribution < 1.29 is 35.8 Å². The summed E-state index contributed by atoms with van der Waals surface area (Å²) in [6.07, 6.45) is -0.0207. The lowest BCUT2D eigenvalue weighted by molar-refractivity contribution is -0.143. The third-order valence-corrected chi connectivity index (χ3v) is 21.7. The van der Waals surface area contributed by atoms with Gasteiger partial charge in [-0.05, 0) is 71.8 Å². The van der Waals surface area contributed by atoms with Crippen LogP contribution in [0.4, 0.5) is 0 Å². The number of carbonyl (C=O) groups excluding carboxylic acids is 1. The summed E-state index contributed by atoms with van der Waals surface area (Å²) >= 11 is 0. The fourth-order valence-electron chi connectivity index (χ4n) is 3.48. The van der Waals surface area contributed by atoms with Crippen molar-refractivity contribution in [3.63, 3.8) is 0 Å². The zero-order valence-corrected chi connectivity index (χ0v) is 27.2. The van der Waals surface area contributed by atoms with Crippen molar-refractivity contribution in [2.45, 2.75) is 84.4 Å². The van der Waals surface area contributed by atoms with Gasteiger partial charge in [0, 0.05) is 12.2 Å². The van der Waals surface area contributed by atoms with E-state index in [4.69, 9.17) is 25.9 Å². The number of hydrogen-bond donors (Lipinski definition) is 1. The maximum atomic E-state index is 11.3. The monoisotopic (exact) mass is 542 g/mol. The van der Waals surface area contributed by atoms with Crippen LogP contribution in [0.2, 0.25) is 65.0 Å². The Hall–Kier alpha value is 0.0544. The average molecular weight is 543 g/mol. The van der Waals surface area contributed by atoms with Crippen molar-refractivity contribution in [1.29, 1.82) is 0 Å². The Morgan fingerprint density at radius 1 is 0.938 bits per heavy atom. The number of esters is 1. The number of aliphatic hydroxyl groups is 1. The number of aliphatic hydroxyl groups excluding tert-OH is 1. The molecule has 0 aliphatic carbocycles. The topological polar surface area (TPSA) is 92.7 Å². The first-order valence-electron chi connectivity index (χ1n) is 11.2. The van der Waals surface area contributed by atoms with Gasteiger partial charge in [0.1, 0.15) is 22.5 Å². The van der Waals surface area contributed by atoms with E-state index in [1.807, 2.05) is 0 Å². The minimum absolute atomic E-state index is 0.0981. The average Bonchev–Trinajstić information content (AvgIpc) is 2.55. The molecule has 0 aliphatic heterocycles. The van der Waals surface area contributed by atoms with Crippen molar-refractivity contribution in [2.24, 2.45) is 0 Å². The number of rotatable bonds is 17. The van der Waals surface area contributed by atoms with E-state index in [1.54, 1.807) is 6.92 Å². The first-order valence-corrected chi connectivity index (χ1v) is 24.8. The highest BCUT2D eigenvalue weighted by atomic mass is 28.5. The zero-order chi connectivity index (χ0) is 25.2. The molecule has 0 bridgehead atoms. The number of ether oxygens (including phenoxy) is 2. The molecular weight excluding hydrogens is 497 g/mol. The Labute approximate surface area is 201 Å². The highest BCUT2D eigenvalue weighted by Gasteiger charge is 2.43. The van der Waals surface area contributed by atoms with Gasteiger partial charge in [-0.3, -0.25) is 0 Å². The summed E-state index contributed by atoms with van der Waals surface area (Å²) in [4.78, 5) is 11.3. The summed E-state index contributed by atoms with van der Waals surface area (Å²) in [5, 5.41) is 9.84. The van der Waals surface area contributed by atoms with Crippen molar-refractivity contribution in [2.75, 3.05) is 19.8 Å². The summed E-state index contributed by atoms with van der Waals surface area (Å²) < 4.78 is 35.8. The maximum Gasteiger partial charge on any atom is 0.333 e. The molecule has 8 nitrogen and oxygen atoms in total. The minimum atomic E-state index is -2.37. The van der Waals surface area contributed by atoms with Crippen LogP contribution in [0.25, 0.3) is 0 Å². The van der Waals surface area contributed by atoms with Gasteiger partial charge in [-0.1, -0.05) is 13.1 Å². The van der Waals surface area contributed by atoms with E-state index in [-0.39, 0.29) is 13.2 Å². The van der Waals surface area contributed by atoms with Crippen LogP contribution >= 0.6 is 0 Å². The van der Waals surface area contributed by atoms with Gasteiger partial charge in [-0.2, -0.15) is 0 Å². The second kappa shape index (κ2) is 13.8. The molecule has 0 amide bonds. The van der Waals surface area contributed by atoms with Gasteiger partial charge in [0.15, 0.2) is 8.32 Å². The van der Waals surface area contributed by atoms with Crippen LogP contribution in [-0.2, 0) is 30.7 Å². The molecule has 0 rings (SSSR count). The molecule has 0 heterocycles. The molecule has 0 aromatic heterocycles. The first-order chi connectivity index (χ1) is 14.4. The molecule has 32 heavy (non-hydrogen) atoms. The summed E-state index contributed by atoms with van der Waals surface area (Å²) in [5.74, 6) is -0.509. The predicted octanol–water partition coefficient (Wildman–Crippen LogP) is 3.38. The fraction of sp³-hybridized carbons (Fsp3) is 0.842. The zero-order valence-electron chi connectivity index (χ0n) is 21.8. The molecule has 0 saturated heterocycles. The molecule has 0 fully saturated rings. The first kappa shape index (κ1) is 32.1. The number of hydrogen-bond acceptors (Lipinski definition) is 8. The maximum absolute atomic E-state index is 11.3. The van der Waals surface area contributed by atoms with Crippen molar-refractivity contribution >= 4 is 49.7 Å². The summed E-state index contributed by atoms with van der Waals surface area (Å²) in [6, 6.07) is 0.918. The van der Waals surface area contributed by atoms with E-state index in [9.17, 15) is 9.90 Å². The van der Waals surface area contributed by atoms with E-state index in [2.05, 4.69) is 65.5 Å². The smallest absolute Gasteiger partial charge is 0.333 e. The molecule has 1 N–H and O–H groups in total. The Bertz CT molecular complexity index is 598. The van der Waals surface area contributed by atoms with Gasteiger partial charge in [0.2, 0.25) is 0 Å². The van der Waals surface area contributed by atoms with Gasteiger partial charge >= 0.3 is 31.7 Å². The van der Waals surface area contributed by atoms with E-state index in [1.165, 1.54) is 0 Å². The highest BCUT2D eigenvalue weighted by molar-refractivity contribution is 6.89. The van der Waals surface area contributed by atoms with Crippen molar-refractivity contribution in [3.05, 3.63) is 12.2 Å². The largest absolute Gasteiger partial charge is 0.460 e. The van der Waals surface area contributed by atoms with Crippen molar-refractivity contribution in [1.82, 2.24) is 0 Å². The van der Waals surface area contributed by atoms with Crippen LogP contribution in [0.3, 0.4) is 0 Å². The lowest BCUT2D eigenvalue weighted by Gasteiger charge is -2.40. The molecule has 0 radical (unpaired) electrons. The molecule has 1 unspecified atom stereocenters. The van der Waals surface area contributed by atoms with Gasteiger partial charge < -0.3 is 31.0 Å². The predicted molar refractivity (Wildman–Crippen MR) is 141 cm³/mol. The van der Waals surface area contributed by atoms with Gasteiger partial charge in [-0.15, -0.1) is 0 Å². The van der Waals surface area contributed by atoms with E-state index in [0.717, 1.165) is 12.5 Å². The van der Waals surface area contributed by atoms with Crippen molar-refractivity contribution in [3.8, 4) is 0 Å². The highest BCUT2D eigenvalue weighted by Crippen LogP contribution is 2.26. The summed E-state index contributed by atoms with van der Waals surface area (Å²) in [7, 11) is -9.37. The van der Waals surface area contributed by atoms with Gasteiger partial charge in [-0.25, -0.2) is 4.79 Å². The Morgan fingerprint density at radius 2 is 1.47 bits per heavy atom. The SMILES string of the molecule is C=C(C)C(=O)OCC(O)COCCC[Si](C)(C)O[Si](C)(C)O[Si](C)(C)O[Si](C)(C)O[SiH2]C. The number of carbonyl (C=O) groups is 1. The quantitative estimate of drug-likeness (QED) is 0.129. The van der Waals surface area contributed by atoms with Gasteiger partial charge in [0.05, 0.1) is 6.61 Å². The molecular formula is C19H46O8Si5. The lowest BCUT2D eigenvalue weighted by atomic mass is 10.3. The molecule has 1 atom stereocenters. The van der Waals surface area contributed by atoms with Crippen LogP contribution in [0.5, 0.6) is 0 Å². The third kappa shape index (κ3) is 15.8. The summed E-state index contributed by atoms with van der Waals surface area (Å²) in [5.41, 5.74) is 0.306. The lowest BCUT2D eigenvalue weighted by Crippen LogP contribution is -2.57. The summed E-state index contributed by atoms with van der Waals surface area (Å²) in [6.45, 7) is 24.6. The van der Waals surface area contributed by atoms with Crippen LogP contribution in [0.15, 0.2) is 12.2 Å². The Kier molecular flexibility index (Phi) is 13.8. The molecule has 0 spiro atoms. The molecule has 0 saturated carbocycles. The van der Waals surface area contributed by atoms with Crippen LogP contribution in [0, 0.1) is 0 Å². The third-order valence-electron chi connectivity index (χ3n) is 4.13. The molecule has 190 valence electrons. The minimum Gasteiger partial charge on any atom is -0.460 e. The van der Waals surface area contributed by atoms with Crippen LogP contribution < -0.4 is 0 Å². The second-order valence-corrected chi connectivity index (χ2v) is 26.5. The molecule has 0 aliphatic rings. The van der Waals surface area contributed by atoms with Crippen LogP contribution in [0.1, 0.15) is 13.3 Å². The Morgan fingerprint density at radius 3 is 2.00 bits per heavy atom. The van der Waals surface area contributed by atoms with E-state index >= 15 is 0 Å². The molecule has 13 heteroatoms. The van der Waals surface area contributed by atoms with E-state index < -0.39 is 55.8 Å². The fourth-order valence-corrected chi connectivity index (χ4v) is 24.3. The standard InChI is InChI=1S/C19H46O8Si5/c1-17(2)19(21)23-16-18(20)15-22-13-12-14-29(4,5)25-31(8,9)27-32(10,11)26-30(6,7)24-28-3/h18,20H,1,12-16,28H2,2-11H3. The molecule has 0 aromatic carbocycles. The van der Waals surface area contributed by atoms with Crippen LogP contribution in [-0.4, -0.2) is 80.8 Å². The Balaban J connectivity index is 4.40.